The Morgan fingerprint density at radius 2 is 0.704 bits per heavy atom. The van der Waals surface area contributed by atoms with Gasteiger partial charge in [0.15, 0.2) is 10.9 Å². The Kier molecular flexibility index (Phi) is 6.36. The van der Waals surface area contributed by atoms with Gasteiger partial charge in [-0.15, -0.1) is 0 Å². The first-order valence-corrected chi connectivity index (χ1v) is 18.3. The molecular formula is C50H32N2O2. The molecule has 4 nitrogen and oxygen atoms in total. The largest absolute Gasteiger partial charge is 0.343 e. The van der Waals surface area contributed by atoms with E-state index in [-0.39, 0.29) is 10.9 Å². The van der Waals surface area contributed by atoms with E-state index in [4.69, 9.17) is 0 Å². The fourth-order valence-electron chi connectivity index (χ4n) is 8.88. The molecule has 0 spiro atoms. The van der Waals surface area contributed by atoms with Crippen LogP contribution in [0.3, 0.4) is 0 Å². The Balaban J connectivity index is 1.13. The van der Waals surface area contributed by atoms with Gasteiger partial charge >= 0.3 is 0 Å². The molecule has 54 heavy (non-hydrogen) atoms. The molecule has 9 aromatic carbocycles. The number of rotatable bonds is 2. The van der Waals surface area contributed by atoms with E-state index in [0.717, 1.165) is 55.1 Å². The molecule has 0 saturated heterocycles. The highest BCUT2D eigenvalue weighted by Crippen LogP contribution is 2.36. The lowest BCUT2D eigenvalue weighted by Gasteiger charge is -2.18. The van der Waals surface area contributed by atoms with E-state index < -0.39 is 0 Å². The second-order valence-corrected chi connectivity index (χ2v) is 14.6. The molecule has 0 unspecified atom stereocenters. The Morgan fingerprint density at radius 1 is 0.333 bits per heavy atom. The normalized spacial score (nSPS) is 12.0. The zero-order valence-electron chi connectivity index (χ0n) is 29.7. The monoisotopic (exact) mass is 692 g/mol. The van der Waals surface area contributed by atoms with Crippen LogP contribution in [-0.4, -0.2) is 9.13 Å². The van der Waals surface area contributed by atoms with Gasteiger partial charge in [-0.1, -0.05) is 97.1 Å². The summed E-state index contributed by atoms with van der Waals surface area (Å²) in [6.07, 6.45) is 0. The van der Waals surface area contributed by atoms with Gasteiger partial charge in [0.1, 0.15) is 0 Å². The van der Waals surface area contributed by atoms with Crippen molar-refractivity contribution in [2.24, 2.45) is 14.1 Å². The highest BCUT2D eigenvalue weighted by molar-refractivity contribution is 6.09. The number of pyridine rings is 2. The highest BCUT2D eigenvalue weighted by Gasteiger charge is 2.19. The van der Waals surface area contributed by atoms with Crippen LogP contribution in [0.1, 0.15) is 0 Å². The fourth-order valence-corrected chi connectivity index (χ4v) is 8.88. The molecule has 0 N–H and O–H groups in total. The van der Waals surface area contributed by atoms with Crippen LogP contribution < -0.4 is 10.9 Å². The van der Waals surface area contributed by atoms with Crippen LogP contribution in [0.4, 0.5) is 0 Å². The van der Waals surface area contributed by atoms with E-state index in [1.165, 1.54) is 32.3 Å². The second-order valence-electron chi connectivity index (χ2n) is 14.6. The first-order valence-electron chi connectivity index (χ1n) is 18.3. The molecule has 0 aliphatic carbocycles. The smallest absolute Gasteiger partial charge is 0.197 e. The van der Waals surface area contributed by atoms with Crippen molar-refractivity contribution < 1.29 is 0 Å². The van der Waals surface area contributed by atoms with Crippen LogP contribution in [0.2, 0.25) is 0 Å². The Morgan fingerprint density at radius 3 is 1.11 bits per heavy atom. The maximum Gasteiger partial charge on any atom is 0.197 e. The fraction of sp³-hybridized carbons (Fsp3) is 0.0400. The summed E-state index contributed by atoms with van der Waals surface area (Å²) in [5, 5.41) is 11.9. The van der Waals surface area contributed by atoms with E-state index in [2.05, 4.69) is 130 Å². The Bertz CT molecular complexity index is 3330. The van der Waals surface area contributed by atoms with Crippen LogP contribution in [-0.2, 0) is 14.1 Å². The van der Waals surface area contributed by atoms with Gasteiger partial charge in [0.05, 0.1) is 22.1 Å². The summed E-state index contributed by atoms with van der Waals surface area (Å²) < 4.78 is 4.18. The van der Waals surface area contributed by atoms with E-state index in [0.29, 0.717) is 21.5 Å². The third kappa shape index (κ3) is 4.37. The SMILES string of the molecule is Cn1c2cc3c(=O)c4cccc(-c5ccc6cc7ccccc7cc6c5)c4n(C)c3cc2c(=O)c2cccc(-c3ccc4cc5ccccc5cc4c3)c21. The molecule has 0 aliphatic rings. The topological polar surface area (TPSA) is 44.0 Å². The highest BCUT2D eigenvalue weighted by atomic mass is 16.1. The molecule has 0 aliphatic heterocycles. The number of aryl methyl sites for hydroxylation is 2. The maximum absolute atomic E-state index is 14.5. The quantitative estimate of drug-likeness (QED) is 0.169. The van der Waals surface area contributed by atoms with Crippen LogP contribution in [0, 0.1) is 0 Å². The van der Waals surface area contributed by atoms with E-state index in [1.54, 1.807) is 0 Å². The van der Waals surface area contributed by atoms with E-state index in [9.17, 15) is 9.59 Å². The summed E-state index contributed by atoms with van der Waals surface area (Å²) in [7, 11) is 4.00. The number of hydrogen-bond donors (Lipinski definition) is 0. The predicted octanol–water partition coefficient (Wildman–Crippen LogP) is 11.6. The molecule has 254 valence electrons. The lowest BCUT2D eigenvalue weighted by atomic mass is 9.95. The molecule has 2 heterocycles. The van der Waals surface area contributed by atoms with Crippen molar-refractivity contribution in [3.05, 3.63) is 178 Å². The second kappa shape index (κ2) is 11.2. The lowest BCUT2D eigenvalue weighted by Crippen LogP contribution is -2.14. The summed E-state index contributed by atoms with van der Waals surface area (Å²) in [5.74, 6) is 0. The van der Waals surface area contributed by atoms with E-state index in [1.807, 2.05) is 50.5 Å². The van der Waals surface area contributed by atoms with Gasteiger partial charge in [-0.2, -0.15) is 0 Å². The number of aromatic nitrogens is 2. The molecule has 4 heteroatoms. The molecule has 0 atom stereocenters. The number of fused-ring (bicyclic) bond motifs is 8. The standard InChI is InChI=1S/C50H32N2O2/c1-51-45-27-44-46(52(2)48-40(14-8-16-42(48)50(44)54)36-20-18-34-22-30-10-4-6-12-32(30)24-38(34)26-36)28-43(45)49(53)41-15-7-13-39(47(41)51)35-19-17-33-21-29-9-3-5-11-31(29)23-37(33)25-35/h3-28H,1-2H3. The van der Waals surface area contributed by atoms with Crippen LogP contribution >= 0.6 is 0 Å². The number of benzene rings is 9. The Labute approximate surface area is 309 Å². The summed E-state index contributed by atoms with van der Waals surface area (Å²) in [6.45, 7) is 0. The van der Waals surface area contributed by atoms with Gasteiger partial charge in [-0.05, 0) is 115 Å². The zero-order valence-corrected chi connectivity index (χ0v) is 29.7. The van der Waals surface area contributed by atoms with Crippen LogP contribution in [0.5, 0.6) is 0 Å². The van der Waals surface area contributed by atoms with Crippen molar-refractivity contribution in [2.45, 2.75) is 0 Å². The minimum atomic E-state index is -0.0452. The van der Waals surface area contributed by atoms with Gasteiger partial charge in [0, 0.05) is 46.8 Å². The zero-order chi connectivity index (χ0) is 36.2. The van der Waals surface area contributed by atoms with Crippen molar-refractivity contribution >= 4 is 86.7 Å². The minimum absolute atomic E-state index is 0.0452. The van der Waals surface area contributed by atoms with Crippen LogP contribution in [0.25, 0.3) is 109 Å². The van der Waals surface area contributed by atoms with Gasteiger partial charge in [0.25, 0.3) is 0 Å². The number of hydrogen-bond acceptors (Lipinski definition) is 2. The summed E-state index contributed by atoms with van der Waals surface area (Å²) in [6, 6.07) is 54.5. The molecule has 0 amide bonds. The molecule has 0 fully saturated rings. The van der Waals surface area contributed by atoms with Gasteiger partial charge < -0.3 is 9.13 Å². The van der Waals surface area contributed by atoms with Crippen molar-refractivity contribution in [1.29, 1.82) is 0 Å². The molecule has 0 radical (unpaired) electrons. The summed E-state index contributed by atoms with van der Waals surface area (Å²) in [4.78, 5) is 29.0. The third-order valence-electron chi connectivity index (χ3n) is 11.6. The molecule has 0 saturated carbocycles. The summed E-state index contributed by atoms with van der Waals surface area (Å²) >= 11 is 0. The minimum Gasteiger partial charge on any atom is -0.343 e. The van der Waals surface area contributed by atoms with Gasteiger partial charge in [0.2, 0.25) is 0 Å². The van der Waals surface area contributed by atoms with Crippen LogP contribution in [0.15, 0.2) is 167 Å². The average Bonchev–Trinajstić information content (AvgIpc) is 3.21. The number of para-hydroxylation sites is 2. The first-order chi connectivity index (χ1) is 26.4. The average molecular weight is 693 g/mol. The van der Waals surface area contributed by atoms with Gasteiger partial charge in [-0.3, -0.25) is 9.59 Å². The Hall–Kier alpha value is -7.04. The van der Waals surface area contributed by atoms with Crippen molar-refractivity contribution in [3.8, 4) is 22.3 Å². The van der Waals surface area contributed by atoms with E-state index >= 15 is 0 Å². The maximum atomic E-state index is 14.5. The van der Waals surface area contributed by atoms with Crippen molar-refractivity contribution in [1.82, 2.24) is 9.13 Å². The summed E-state index contributed by atoms with van der Waals surface area (Å²) in [5.41, 5.74) is 7.09. The van der Waals surface area contributed by atoms with Gasteiger partial charge in [-0.25, -0.2) is 0 Å². The van der Waals surface area contributed by atoms with Crippen molar-refractivity contribution in [3.63, 3.8) is 0 Å². The van der Waals surface area contributed by atoms with Crippen molar-refractivity contribution in [2.75, 3.05) is 0 Å². The molecule has 11 rings (SSSR count). The molecule has 11 aromatic rings. The molecule has 0 bridgehead atoms. The predicted molar refractivity (Wildman–Crippen MR) is 228 cm³/mol. The number of nitrogens with zero attached hydrogens (tertiary/aromatic N) is 2. The third-order valence-corrected chi connectivity index (χ3v) is 11.6. The molecule has 2 aromatic heterocycles. The first kappa shape index (κ1) is 30.6. The molecular weight excluding hydrogens is 661 g/mol. The lowest BCUT2D eigenvalue weighted by molar-refractivity contribution is 0.994.